The van der Waals surface area contributed by atoms with E-state index in [4.69, 9.17) is 16.0 Å². The number of aromatic nitrogens is 1. The summed E-state index contributed by atoms with van der Waals surface area (Å²) >= 11 is 5.77. The predicted molar refractivity (Wildman–Crippen MR) is 60.6 cm³/mol. The first-order chi connectivity index (χ1) is 7.65. The fourth-order valence-corrected chi connectivity index (χ4v) is 1.38. The first-order valence-corrected chi connectivity index (χ1v) is 5.01. The molecule has 0 atom stereocenters. The summed E-state index contributed by atoms with van der Waals surface area (Å²) in [4.78, 5) is 15.6. The summed E-state index contributed by atoms with van der Waals surface area (Å²) in [5.74, 6) is 0.826. The van der Waals surface area contributed by atoms with E-state index in [2.05, 4.69) is 10.3 Å². The Hall–Kier alpha value is -1.81. The predicted octanol–water partition coefficient (Wildman–Crippen LogP) is 2.89. The second-order valence-electron chi connectivity index (χ2n) is 3.26. The molecule has 82 valence electrons. The van der Waals surface area contributed by atoms with Gasteiger partial charge in [0.1, 0.15) is 17.8 Å². The highest BCUT2D eigenvalue weighted by molar-refractivity contribution is 6.30. The van der Waals surface area contributed by atoms with Crippen LogP contribution in [0.5, 0.6) is 0 Å². The number of amides is 1. The molecule has 0 aliphatic carbocycles. The first kappa shape index (κ1) is 10.7. The molecular weight excluding hydrogens is 228 g/mol. The average Bonchev–Trinajstić information content (AvgIpc) is 2.65. The van der Waals surface area contributed by atoms with E-state index in [-0.39, 0.29) is 5.91 Å². The van der Waals surface area contributed by atoms with Gasteiger partial charge in [0.2, 0.25) is 0 Å². The molecule has 2 rings (SSSR count). The molecule has 16 heavy (non-hydrogen) atoms. The second kappa shape index (κ2) is 4.37. The van der Waals surface area contributed by atoms with Crippen LogP contribution in [-0.2, 0) is 0 Å². The summed E-state index contributed by atoms with van der Waals surface area (Å²) < 4.78 is 5.04. The van der Waals surface area contributed by atoms with E-state index in [0.717, 1.165) is 0 Å². The van der Waals surface area contributed by atoms with Gasteiger partial charge in [-0.1, -0.05) is 11.6 Å². The Morgan fingerprint density at radius 1 is 1.50 bits per heavy atom. The molecule has 1 N–H and O–H groups in total. The maximum absolute atomic E-state index is 11.7. The van der Waals surface area contributed by atoms with Crippen molar-refractivity contribution in [2.45, 2.75) is 6.92 Å². The van der Waals surface area contributed by atoms with Crippen molar-refractivity contribution in [1.29, 1.82) is 0 Å². The van der Waals surface area contributed by atoms with Crippen molar-refractivity contribution in [3.63, 3.8) is 0 Å². The third-order valence-corrected chi connectivity index (χ3v) is 2.19. The number of pyridine rings is 1. The minimum Gasteiger partial charge on any atom is -0.469 e. The topological polar surface area (TPSA) is 55.1 Å². The van der Waals surface area contributed by atoms with E-state index < -0.39 is 0 Å². The zero-order valence-corrected chi connectivity index (χ0v) is 9.28. The highest BCUT2D eigenvalue weighted by Gasteiger charge is 2.09. The van der Waals surface area contributed by atoms with Crippen LogP contribution in [0.3, 0.4) is 0 Å². The van der Waals surface area contributed by atoms with Crippen LogP contribution >= 0.6 is 11.6 Å². The minimum atomic E-state index is -0.272. The summed E-state index contributed by atoms with van der Waals surface area (Å²) in [7, 11) is 0. The number of carbonyl (C=O) groups excluding carboxylic acids is 1. The normalized spacial score (nSPS) is 10.1. The number of halogens is 1. The number of nitrogens with zero attached hydrogens (tertiary/aromatic N) is 1. The Labute approximate surface area is 97.2 Å². The lowest BCUT2D eigenvalue weighted by Gasteiger charge is -2.01. The monoisotopic (exact) mass is 236 g/mol. The summed E-state index contributed by atoms with van der Waals surface area (Å²) in [6.45, 7) is 1.77. The molecule has 0 fully saturated rings. The molecule has 0 bridgehead atoms. The van der Waals surface area contributed by atoms with Crippen molar-refractivity contribution in [2.75, 3.05) is 5.32 Å². The fourth-order valence-electron chi connectivity index (χ4n) is 1.22. The summed E-state index contributed by atoms with van der Waals surface area (Å²) in [6, 6.07) is 4.87. The quantitative estimate of drug-likeness (QED) is 0.872. The van der Waals surface area contributed by atoms with Crippen LogP contribution in [0.4, 0.5) is 5.82 Å². The van der Waals surface area contributed by atoms with Gasteiger partial charge in [-0.15, -0.1) is 0 Å². The number of aryl methyl sites for hydroxylation is 1. The third-order valence-electron chi connectivity index (χ3n) is 1.96. The van der Waals surface area contributed by atoms with Crippen LogP contribution in [0, 0.1) is 6.92 Å². The molecule has 4 nitrogen and oxygen atoms in total. The van der Waals surface area contributed by atoms with Gasteiger partial charge in [-0.2, -0.15) is 0 Å². The van der Waals surface area contributed by atoms with E-state index in [1.807, 2.05) is 0 Å². The Bertz CT molecular complexity index is 522. The molecular formula is C11H9ClN2O2. The van der Waals surface area contributed by atoms with Crippen LogP contribution < -0.4 is 5.32 Å². The molecule has 2 heterocycles. The van der Waals surface area contributed by atoms with Gasteiger partial charge in [-0.3, -0.25) is 4.79 Å². The Kier molecular flexibility index (Phi) is 2.92. The molecule has 5 heteroatoms. The lowest BCUT2D eigenvalue weighted by Crippen LogP contribution is -2.11. The van der Waals surface area contributed by atoms with Crippen molar-refractivity contribution >= 4 is 23.3 Å². The number of nitrogens with one attached hydrogen (secondary N) is 1. The number of carbonyl (C=O) groups is 1. The molecule has 2 aromatic heterocycles. The molecule has 2 aromatic rings. The Morgan fingerprint density at radius 2 is 2.31 bits per heavy atom. The largest absolute Gasteiger partial charge is 0.469 e. The number of anilines is 1. The van der Waals surface area contributed by atoms with Crippen molar-refractivity contribution in [1.82, 2.24) is 4.98 Å². The summed E-state index contributed by atoms with van der Waals surface area (Å²) in [5.41, 5.74) is 0.458. The number of hydrogen-bond donors (Lipinski definition) is 1. The van der Waals surface area contributed by atoms with Gasteiger partial charge in [-0.25, -0.2) is 4.98 Å². The van der Waals surface area contributed by atoms with Crippen molar-refractivity contribution < 1.29 is 9.21 Å². The maximum atomic E-state index is 11.7. The molecule has 0 aromatic carbocycles. The van der Waals surface area contributed by atoms with E-state index in [1.54, 1.807) is 25.1 Å². The van der Waals surface area contributed by atoms with Crippen LogP contribution in [0.2, 0.25) is 5.02 Å². The first-order valence-electron chi connectivity index (χ1n) is 4.63. The van der Waals surface area contributed by atoms with Crippen molar-refractivity contribution in [3.8, 4) is 0 Å². The Balaban J connectivity index is 2.13. The average molecular weight is 237 g/mol. The number of rotatable bonds is 2. The molecule has 0 radical (unpaired) electrons. The molecule has 0 aliphatic rings. The van der Waals surface area contributed by atoms with Gasteiger partial charge < -0.3 is 9.73 Å². The molecule has 0 unspecified atom stereocenters. The highest BCUT2D eigenvalue weighted by atomic mass is 35.5. The lowest BCUT2D eigenvalue weighted by atomic mass is 10.3. The van der Waals surface area contributed by atoms with Crippen LogP contribution in [0.1, 0.15) is 16.1 Å². The van der Waals surface area contributed by atoms with E-state index >= 15 is 0 Å². The summed E-state index contributed by atoms with van der Waals surface area (Å²) in [5, 5.41) is 3.14. The van der Waals surface area contributed by atoms with Gasteiger partial charge in [0, 0.05) is 11.2 Å². The van der Waals surface area contributed by atoms with Gasteiger partial charge in [0.15, 0.2) is 0 Å². The molecule has 0 saturated carbocycles. The van der Waals surface area contributed by atoms with Crippen LogP contribution in [-0.4, -0.2) is 10.9 Å². The van der Waals surface area contributed by atoms with E-state index in [9.17, 15) is 4.79 Å². The molecule has 0 spiro atoms. The minimum absolute atomic E-state index is 0.272. The van der Waals surface area contributed by atoms with E-state index in [1.165, 1.54) is 12.5 Å². The zero-order valence-electron chi connectivity index (χ0n) is 8.53. The highest BCUT2D eigenvalue weighted by Crippen LogP contribution is 2.13. The van der Waals surface area contributed by atoms with Gasteiger partial charge in [-0.05, 0) is 25.1 Å². The smallest absolute Gasteiger partial charge is 0.260 e. The lowest BCUT2D eigenvalue weighted by molar-refractivity contribution is 0.102. The van der Waals surface area contributed by atoms with Gasteiger partial charge in [0.25, 0.3) is 5.91 Å². The number of furan rings is 1. The molecule has 0 saturated heterocycles. The molecule has 1 amide bonds. The van der Waals surface area contributed by atoms with E-state index in [0.29, 0.717) is 22.2 Å². The zero-order chi connectivity index (χ0) is 11.5. The fraction of sp³-hybridized carbons (Fsp3) is 0.0909. The van der Waals surface area contributed by atoms with Crippen LogP contribution in [0.15, 0.2) is 35.1 Å². The molecule has 0 aliphatic heterocycles. The standard InChI is InChI=1S/C11H9ClN2O2/c1-7-4-8(6-16-7)11(15)14-10-5-9(12)2-3-13-10/h2-6H,1H3,(H,13,14,15). The summed E-state index contributed by atoms with van der Waals surface area (Å²) in [6.07, 6.45) is 2.92. The third kappa shape index (κ3) is 2.41. The SMILES string of the molecule is Cc1cc(C(=O)Nc2cc(Cl)ccn2)co1. The Morgan fingerprint density at radius 3 is 2.94 bits per heavy atom. The number of hydrogen-bond acceptors (Lipinski definition) is 3. The van der Waals surface area contributed by atoms with Crippen molar-refractivity contribution in [2.24, 2.45) is 0 Å². The van der Waals surface area contributed by atoms with Gasteiger partial charge >= 0.3 is 0 Å². The second-order valence-corrected chi connectivity index (χ2v) is 3.70. The maximum Gasteiger partial charge on any atom is 0.260 e. The van der Waals surface area contributed by atoms with Gasteiger partial charge in [0.05, 0.1) is 5.56 Å². The van der Waals surface area contributed by atoms with Crippen molar-refractivity contribution in [3.05, 3.63) is 47.0 Å². The van der Waals surface area contributed by atoms with Crippen LogP contribution in [0.25, 0.3) is 0 Å².